The van der Waals surface area contributed by atoms with Crippen LogP contribution in [0.3, 0.4) is 0 Å². The van der Waals surface area contributed by atoms with Crippen LogP contribution in [0, 0.1) is 21.4 Å². The van der Waals surface area contributed by atoms with E-state index in [-0.39, 0.29) is 11.3 Å². The second-order valence-electron chi connectivity index (χ2n) is 5.68. The summed E-state index contributed by atoms with van der Waals surface area (Å²) in [5, 5.41) is 27.6. The van der Waals surface area contributed by atoms with Crippen LogP contribution >= 0.6 is 0 Å². The molecule has 0 spiro atoms. The summed E-state index contributed by atoms with van der Waals surface area (Å²) in [6, 6.07) is 8.78. The van der Waals surface area contributed by atoms with E-state index in [0.717, 1.165) is 5.69 Å². The number of aromatic nitrogens is 2. The summed E-state index contributed by atoms with van der Waals surface area (Å²) in [7, 11) is 0. The van der Waals surface area contributed by atoms with Crippen molar-refractivity contribution < 1.29 is 4.92 Å². The highest BCUT2D eigenvalue weighted by Crippen LogP contribution is 2.28. The Balaban J connectivity index is 1.66. The van der Waals surface area contributed by atoms with E-state index in [4.69, 9.17) is 5.26 Å². The second-order valence-corrected chi connectivity index (χ2v) is 5.68. The molecule has 0 radical (unpaired) electrons. The van der Waals surface area contributed by atoms with Crippen LogP contribution in [-0.4, -0.2) is 14.7 Å². The van der Waals surface area contributed by atoms with Crippen molar-refractivity contribution in [2.24, 2.45) is 0 Å². The molecule has 1 saturated carbocycles. The predicted molar refractivity (Wildman–Crippen MR) is 84.9 cm³/mol. The molecule has 1 aliphatic carbocycles. The third-order valence-corrected chi connectivity index (χ3v) is 4.15. The summed E-state index contributed by atoms with van der Waals surface area (Å²) in [5.74, 6) is 0. The lowest BCUT2D eigenvalue weighted by Crippen LogP contribution is -2.07. The van der Waals surface area contributed by atoms with Gasteiger partial charge in [0.15, 0.2) is 0 Å². The molecule has 1 N–H and O–H groups in total. The Hall–Kier alpha value is -2.88. The maximum absolute atomic E-state index is 10.8. The van der Waals surface area contributed by atoms with Crippen LogP contribution in [-0.2, 0) is 6.54 Å². The fourth-order valence-corrected chi connectivity index (χ4v) is 2.93. The first kappa shape index (κ1) is 15.0. The summed E-state index contributed by atoms with van der Waals surface area (Å²) in [4.78, 5) is 10.3. The van der Waals surface area contributed by atoms with E-state index in [1.54, 1.807) is 6.07 Å². The Morgan fingerprint density at radius 2 is 2.17 bits per heavy atom. The van der Waals surface area contributed by atoms with Crippen molar-refractivity contribution in [2.45, 2.75) is 38.3 Å². The average molecular weight is 311 g/mol. The fourth-order valence-electron chi connectivity index (χ4n) is 2.93. The summed E-state index contributed by atoms with van der Waals surface area (Å²) in [6.45, 7) is 0.516. The van der Waals surface area contributed by atoms with Crippen molar-refractivity contribution in [3.8, 4) is 6.07 Å². The van der Waals surface area contributed by atoms with E-state index in [0.29, 0.717) is 18.3 Å². The molecule has 0 bridgehead atoms. The van der Waals surface area contributed by atoms with E-state index in [1.807, 2.05) is 23.0 Å². The van der Waals surface area contributed by atoms with E-state index >= 15 is 0 Å². The number of rotatable bonds is 5. The normalized spacial score (nSPS) is 14.6. The van der Waals surface area contributed by atoms with Crippen LogP contribution in [0.25, 0.3) is 0 Å². The lowest BCUT2D eigenvalue weighted by atomic mass is 10.1. The highest BCUT2D eigenvalue weighted by molar-refractivity contribution is 5.58. The van der Waals surface area contributed by atoms with Gasteiger partial charge in [-0.15, -0.1) is 0 Å². The largest absolute Gasteiger partial charge is 0.379 e. The molecule has 0 atom stereocenters. The molecule has 1 aromatic heterocycles. The molecule has 0 aliphatic heterocycles. The molecular weight excluding hydrogens is 294 g/mol. The van der Waals surface area contributed by atoms with Gasteiger partial charge in [-0.2, -0.15) is 10.4 Å². The van der Waals surface area contributed by atoms with Crippen LogP contribution in [0.15, 0.2) is 30.5 Å². The van der Waals surface area contributed by atoms with Gasteiger partial charge in [-0.3, -0.25) is 14.8 Å². The van der Waals surface area contributed by atoms with Gasteiger partial charge in [0.25, 0.3) is 5.69 Å². The van der Waals surface area contributed by atoms with Crippen molar-refractivity contribution in [1.29, 1.82) is 5.26 Å². The molecule has 0 unspecified atom stereocenters. The standard InChI is InChI=1S/C16H17N5O2/c17-10-12-9-13(5-6-16(12)21(22)23)18-11-14-7-8-20(19-14)15-3-1-2-4-15/h5-9,15,18H,1-4,11H2. The van der Waals surface area contributed by atoms with Gasteiger partial charge in [0.1, 0.15) is 11.6 Å². The van der Waals surface area contributed by atoms with Gasteiger partial charge < -0.3 is 5.32 Å². The Bertz CT molecular complexity index is 756. The molecule has 1 fully saturated rings. The molecule has 7 nitrogen and oxygen atoms in total. The minimum absolute atomic E-state index is 0.0523. The van der Waals surface area contributed by atoms with E-state index in [1.165, 1.54) is 37.8 Å². The van der Waals surface area contributed by atoms with Gasteiger partial charge in [-0.05, 0) is 31.0 Å². The molecule has 1 aliphatic rings. The van der Waals surface area contributed by atoms with Gasteiger partial charge in [0.05, 0.1) is 23.2 Å². The Kier molecular flexibility index (Phi) is 4.24. The van der Waals surface area contributed by atoms with E-state index in [9.17, 15) is 10.1 Å². The third-order valence-electron chi connectivity index (χ3n) is 4.15. The lowest BCUT2D eigenvalue weighted by molar-refractivity contribution is -0.385. The number of nitriles is 1. The fraction of sp³-hybridized carbons (Fsp3) is 0.375. The number of benzene rings is 1. The first-order chi connectivity index (χ1) is 11.2. The number of hydrogen-bond donors (Lipinski definition) is 1. The van der Waals surface area contributed by atoms with Crippen LogP contribution in [0.4, 0.5) is 11.4 Å². The quantitative estimate of drug-likeness (QED) is 0.674. The molecule has 0 saturated heterocycles. The zero-order chi connectivity index (χ0) is 16.2. The zero-order valence-corrected chi connectivity index (χ0v) is 12.6. The number of hydrogen-bond acceptors (Lipinski definition) is 5. The number of anilines is 1. The van der Waals surface area contributed by atoms with Gasteiger partial charge in [0.2, 0.25) is 0 Å². The molecule has 3 rings (SSSR count). The molecule has 0 amide bonds. The van der Waals surface area contributed by atoms with Crippen molar-refractivity contribution in [3.05, 3.63) is 51.8 Å². The van der Waals surface area contributed by atoms with Crippen molar-refractivity contribution in [3.63, 3.8) is 0 Å². The summed E-state index contributed by atoms with van der Waals surface area (Å²) in [5.41, 5.74) is 1.45. The minimum Gasteiger partial charge on any atom is -0.379 e. The van der Waals surface area contributed by atoms with Gasteiger partial charge in [-0.25, -0.2) is 0 Å². The van der Waals surface area contributed by atoms with Crippen molar-refractivity contribution in [1.82, 2.24) is 9.78 Å². The molecule has 7 heteroatoms. The molecule has 23 heavy (non-hydrogen) atoms. The maximum Gasteiger partial charge on any atom is 0.287 e. The smallest absolute Gasteiger partial charge is 0.287 e. The zero-order valence-electron chi connectivity index (χ0n) is 12.6. The van der Waals surface area contributed by atoms with E-state index in [2.05, 4.69) is 10.4 Å². The van der Waals surface area contributed by atoms with Crippen LogP contribution in [0.1, 0.15) is 43.0 Å². The topological polar surface area (TPSA) is 96.8 Å². The SMILES string of the molecule is N#Cc1cc(NCc2ccn(C3CCCC3)n2)ccc1[N+](=O)[O-]. The monoisotopic (exact) mass is 311 g/mol. The summed E-state index contributed by atoms with van der Waals surface area (Å²) >= 11 is 0. The average Bonchev–Trinajstić information content (AvgIpc) is 3.23. The summed E-state index contributed by atoms with van der Waals surface area (Å²) in [6.07, 6.45) is 6.89. The van der Waals surface area contributed by atoms with Gasteiger partial charge >= 0.3 is 0 Å². The Morgan fingerprint density at radius 1 is 1.39 bits per heavy atom. The first-order valence-corrected chi connectivity index (χ1v) is 7.64. The molecule has 118 valence electrons. The Labute approximate surface area is 133 Å². The lowest BCUT2D eigenvalue weighted by Gasteiger charge is -2.09. The highest BCUT2D eigenvalue weighted by atomic mass is 16.6. The predicted octanol–water partition coefficient (Wildman–Crippen LogP) is 3.39. The molecular formula is C16H17N5O2. The van der Waals surface area contributed by atoms with Gasteiger partial charge in [-0.1, -0.05) is 12.8 Å². The summed E-state index contributed by atoms with van der Waals surface area (Å²) < 4.78 is 2.03. The second kappa shape index (κ2) is 6.48. The number of nitro benzene ring substituents is 1. The molecule has 1 aromatic carbocycles. The van der Waals surface area contributed by atoms with Crippen molar-refractivity contribution >= 4 is 11.4 Å². The number of nitrogens with one attached hydrogen (secondary N) is 1. The Morgan fingerprint density at radius 3 is 2.87 bits per heavy atom. The number of nitrogens with zero attached hydrogens (tertiary/aromatic N) is 4. The van der Waals surface area contributed by atoms with Gasteiger partial charge in [0, 0.05) is 18.0 Å². The van der Waals surface area contributed by atoms with Crippen molar-refractivity contribution in [2.75, 3.05) is 5.32 Å². The minimum atomic E-state index is -0.550. The van der Waals surface area contributed by atoms with Crippen LogP contribution < -0.4 is 5.32 Å². The maximum atomic E-state index is 10.8. The molecule has 2 aromatic rings. The highest BCUT2D eigenvalue weighted by Gasteiger charge is 2.17. The molecule has 1 heterocycles. The number of nitro groups is 1. The van der Waals surface area contributed by atoms with Crippen LogP contribution in [0.5, 0.6) is 0 Å². The van der Waals surface area contributed by atoms with E-state index < -0.39 is 4.92 Å². The van der Waals surface area contributed by atoms with Crippen LogP contribution in [0.2, 0.25) is 0 Å². The third kappa shape index (κ3) is 3.31. The first-order valence-electron chi connectivity index (χ1n) is 7.64.